The Morgan fingerprint density at radius 3 is 2.63 bits per heavy atom. The number of halogens is 3. The number of anilines is 1. The Morgan fingerprint density at radius 2 is 2.07 bits per heavy atom. The number of rotatable bonds is 6. The highest BCUT2D eigenvalue weighted by Crippen LogP contribution is 2.40. The number of aryl methyl sites for hydroxylation is 1. The number of aliphatic imine (C=N–C) groups is 1. The van der Waals surface area contributed by atoms with Gasteiger partial charge >= 0.3 is 6.18 Å². The zero-order valence-electron chi connectivity index (χ0n) is 15.5. The molecule has 0 aliphatic carbocycles. The van der Waals surface area contributed by atoms with E-state index in [1.165, 1.54) is 19.4 Å². The fourth-order valence-electron chi connectivity index (χ4n) is 2.65. The lowest BCUT2D eigenvalue weighted by atomic mass is 9.98. The minimum absolute atomic E-state index is 0.0275. The molecule has 4 N–H and O–H groups in total. The predicted octanol–water partition coefficient (Wildman–Crippen LogP) is 3.11. The van der Waals surface area contributed by atoms with Gasteiger partial charge in [-0.05, 0) is 23.6 Å². The average molecular weight is 383 g/mol. The Morgan fingerprint density at radius 1 is 1.37 bits per heavy atom. The van der Waals surface area contributed by atoms with Crippen molar-refractivity contribution in [3.8, 4) is 0 Å². The molecule has 6 nitrogen and oxygen atoms in total. The maximum atomic E-state index is 13.4. The van der Waals surface area contributed by atoms with Crippen LogP contribution in [0.15, 0.2) is 41.7 Å². The molecule has 0 spiro atoms. The van der Waals surface area contributed by atoms with E-state index in [2.05, 4.69) is 15.3 Å². The highest BCUT2D eigenvalue weighted by Gasteiger charge is 2.57. The van der Waals surface area contributed by atoms with Crippen molar-refractivity contribution in [2.75, 3.05) is 11.9 Å². The third kappa shape index (κ3) is 4.79. The van der Waals surface area contributed by atoms with Crippen molar-refractivity contribution in [1.82, 2.24) is 9.55 Å². The molecule has 27 heavy (non-hydrogen) atoms. The monoisotopic (exact) mass is 383 g/mol. The van der Waals surface area contributed by atoms with Crippen LogP contribution >= 0.6 is 0 Å². The summed E-state index contributed by atoms with van der Waals surface area (Å²) in [6.45, 7) is 3.77. The highest BCUT2D eigenvalue weighted by molar-refractivity contribution is 5.92. The number of nitrogens with zero attached hydrogens (tertiary/aromatic N) is 3. The van der Waals surface area contributed by atoms with Crippen LogP contribution in [0.4, 0.5) is 18.9 Å². The molecule has 0 aliphatic heterocycles. The Balaban J connectivity index is 2.09. The van der Waals surface area contributed by atoms with Gasteiger partial charge in [-0.15, -0.1) is 0 Å². The molecule has 0 bridgehead atoms. The van der Waals surface area contributed by atoms with E-state index < -0.39 is 24.0 Å². The molecule has 2 aromatic rings. The smallest absolute Gasteiger partial charge is 0.374 e. The predicted molar refractivity (Wildman–Crippen MR) is 98.4 cm³/mol. The number of alkyl halides is 3. The summed E-state index contributed by atoms with van der Waals surface area (Å²) in [4.78, 5) is 7.56. The molecule has 0 saturated carbocycles. The lowest BCUT2D eigenvalue weighted by Crippen LogP contribution is -2.45. The van der Waals surface area contributed by atoms with Gasteiger partial charge in [0, 0.05) is 38.1 Å². The zero-order chi connectivity index (χ0) is 20.2. The van der Waals surface area contributed by atoms with Gasteiger partial charge in [-0.3, -0.25) is 4.99 Å². The van der Waals surface area contributed by atoms with Gasteiger partial charge < -0.3 is 20.7 Å². The van der Waals surface area contributed by atoms with E-state index in [-0.39, 0.29) is 12.5 Å². The molecule has 1 unspecified atom stereocenters. The first-order valence-corrected chi connectivity index (χ1v) is 8.48. The zero-order valence-corrected chi connectivity index (χ0v) is 15.5. The Bertz CT molecular complexity index is 800. The quantitative estimate of drug-likeness (QED) is 0.528. The number of hydrogen-bond acceptors (Lipinski definition) is 3. The first kappa shape index (κ1) is 20.8. The lowest BCUT2D eigenvalue weighted by Gasteiger charge is -2.29. The van der Waals surface area contributed by atoms with Crippen LogP contribution < -0.4 is 11.1 Å². The van der Waals surface area contributed by atoms with Gasteiger partial charge in [-0.25, -0.2) is 4.98 Å². The minimum Gasteiger partial charge on any atom is -0.374 e. The maximum absolute atomic E-state index is 13.4. The Kier molecular flexibility index (Phi) is 6.15. The topological polar surface area (TPSA) is 88.5 Å². The maximum Gasteiger partial charge on any atom is 0.424 e. The molecule has 1 heterocycles. The molecule has 2 rings (SSSR count). The number of hydrogen-bond donors (Lipinski definition) is 3. The summed E-state index contributed by atoms with van der Waals surface area (Å²) in [6, 6.07) is 7.51. The van der Waals surface area contributed by atoms with E-state index >= 15 is 0 Å². The second-order valence-corrected chi connectivity index (χ2v) is 6.64. The van der Waals surface area contributed by atoms with Crippen molar-refractivity contribution in [3.05, 3.63) is 48.0 Å². The van der Waals surface area contributed by atoms with Crippen LogP contribution in [0.2, 0.25) is 0 Å². The van der Waals surface area contributed by atoms with E-state index in [0.717, 1.165) is 10.1 Å². The Labute approximate surface area is 155 Å². The fourth-order valence-corrected chi connectivity index (χ4v) is 2.65. The minimum atomic E-state index is -4.89. The van der Waals surface area contributed by atoms with Gasteiger partial charge in [0.2, 0.25) is 5.60 Å². The third-order valence-electron chi connectivity index (χ3n) is 4.24. The van der Waals surface area contributed by atoms with Gasteiger partial charge in [0.1, 0.15) is 5.82 Å². The molecular weight excluding hydrogens is 359 g/mol. The number of guanidine groups is 1. The number of aromatic nitrogens is 2. The summed E-state index contributed by atoms with van der Waals surface area (Å²) < 4.78 is 41.5. The molecule has 1 atom stereocenters. The average Bonchev–Trinajstić information content (AvgIpc) is 3.00. The van der Waals surface area contributed by atoms with E-state index in [0.29, 0.717) is 11.6 Å². The molecule has 1 aromatic heterocycles. The Hall–Kier alpha value is -2.55. The number of nitrogens with one attached hydrogen (secondary N) is 1. The van der Waals surface area contributed by atoms with E-state index in [9.17, 15) is 18.3 Å². The first-order valence-electron chi connectivity index (χ1n) is 8.48. The second kappa shape index (κ2) is 7.99. The molecule has 0 aliphatic rings. The van der Waals surface area contributed by atoms with Crippen molar-refractivity contribution in [1.29, 1.82) is 0 Å². The van der Waals surface area contributed by atoms with Crippen LogP contribution in [0.25, 0.3) is 0 Å². The van der Waals surface area contributed by atoms with Crippen molar-refractivity contribution in [2.24, 2.45) is 17.8 Å². The van der Waals surface area contributed by atoms with Crippen LogP contribution in [0, 0.1) is 0 Å². The number of aliphatic hydroxyl groups is 1. The van der Waals surface area contributed by atoms with Crippen LogP contribution in [-0.4, -0.2) is 33.3 Å². The van der Waals surface area contributed by atoms with Gasteiger partial charge in [-0.2, -0.15) is 13.2 Å². The summed E-state index contributed by atoms with van der Waals surface area (Å²) >= 11 is 0. The standard InChI is InChI=1S/C18H24F3N5O/c1-12(2)13-5-4-6-14(11-13)25-16(22)24-8-7-17(27,18(19,20)21)15-23-9-10-26(15)3/h4-6,9-12,27H,7-8H2,1-3H3,(H3,22,24,25). The van der Waals surface area contributed by atoms with Gasteiger partial charge in [0.05, 0.1) is 0 Å². The molecule has 9 heteroatoms. The molecular formula is C18H24F3N5O. The van der Waals surface area contributed by atoms with Gasteiger partial charge in [-0.1, -0.05) is 26.0 Å². The van der Waals surface area contributed by atoms with E-state index in [1.54, 1.807) is 6.07 Å². The second-order valence-electron chi connectivity index (χ2n) is 6.64. The summed E-state index contributed by atoms with van der Waals surface area (Å²) in [5.41, 5.74) is 4.45. The fraction of sp³-hybridized carbons (Fsp3) is 0.444. The third-order valence-corrected chi connectivity index (χ3v) is 4.24. The van der Waals surface area contributed by atoms with E-state index in [4.69, 9.17) is 5.73 Å². The molecule has 0 radical (unpaired) electrons. The molecule has 0 saturated heterocycles. The van der Waals surface area contributed by atoms with E-state index in [1.807, 2.05) is 32.0 Å². The number of benzene rings is 1. The molecule has 148 valence electrons. The number of imidazole rings is 1. The molecule has 0 amide bonds. The molecule has 0 fully saturated rings. The summed E-state index contributed by atoms with van der Waals surface area (Å²) in [5.74, 6) is -0.189. The number of nitrogens with two attached hydrogens (primary N) is 1. The summed E-state index contributed by atoms with van der Waals surface area (Å²) in [5, 5.41) is 13.1. The van der Waals surface area contributed by atoms with Crippen LogP contribution in [0.1, 0.15) is 37.6 Å². The first-order chi connectivity index (χ1) is 12.5. The molecule has 1 aromatic carbocycles. The SMILES string of the molecule is CC(C)c1cccc(NC(N)=NCCC(O)(c2nccn2C)C(F)(F)F)c1. The van der Waals surface area contributed by atoms with Crippen molar-refractivity contribution < 1.29 is 18.3 Å². The summed E-state index contributed by atoms with van der Waals surface area (Å²) in [6.07, 6.45) is -3.05. The van der Waals surface area contributed by atoms with Gasteiger partial charge in [0.15, 0.2) is 5.96 Å². The highest BCUT2D eigenvalue weighted by atomic mass is 19.4. The van der Waals surface area contributed by atoms with Crippen LogP contribution in [0.5, 0.6) is 0 Å². The lowest BCUT2D eigenvalue weighted by molar-refractivity contribution is -0.272. The summed E-state index contributed by atoms with van der Waals surface area (Å²) in [7, 11) is 1.39. The van der Waals surface area contributed by atoms with Crippen molar-refractivity contribution >= 4 is 11.6 Å². The van der Waals surface area contributed by atoms with Crippen molar-refractivity contribution in [2.45, 2.75) is 38.0 Å². The van der Waals surface area contributed by atoms with Crippen molar-refractivity contribution in [3.63, 3.8) is 0 Å². The van der Waals surface area contributed by atoms with Gasteiger partial charge in [0.25, 0.3) is 0 Å². The largest absolute Gasteiger partial charge is 0.424 e. The normalized spacial score (nSPS) is 15.0. The van der Waals surface area contributed by atoms with Crippen LogP contribution in [0.3, 0.4) is 0 Å². The van der Waals surface area contributed by atoms with Crippen LogP contribution in [-0.2, 0) is 12.6 Å².